The van der Waals surface area contributed by atoms with Crippen LogP contribution in [0.5, 0.6) is 0 Å². The molecule has 112 valence electrons. The molecule has 6 nitrogen and oxygen atoms in total. The van der Waals surface area contributed by atoms with E-state index < -0.39 is 0 Å². The summed E-state index contributed by atoms with van der Waals surface area (Å²) in [7, 11) is 3.30. The van der Waals surface area contributed by atoms with Crippen molar-refractivity contribution in [2.75, 3.05) is 66.7 Å². The van der Waals surface area contributed by atoms with Crippen molar-refractivity contribution in [2.45, 2.75) is 13.0 Å². The van der Waals surface area contributed by atoms with Crippen LogP contribution in [0.15, 0.2) is 0 Å². The van der Waals surface area contributed by atoms with Crippen molar-refractivity contribution in [1.29, 1.82) is 0 Å². The first-order valence-electron chi connectivity index (χ1n) is 6.92. The molecule has 1 aliphatic rings. The van der Waals surface area contributed by atoms with Crippen LogP contribution in [0, 0.1) is 0 Å². The second kappa shape index (κ2) is 9.25. The molecule has 1 aliphatic heterocycles. The first-order chi connectivity index (χ1) is 9.20. The van der Waals surface area contributed by atoms with E-state index in [4.69, 9.17) is 9.47 Å². The zero-order valence-corrected chi connectivity index (χ0v) is 12.4. The van der Waals surface area contributed by atoms with Crippen LogP contribution in [-0.2, 0) is 14.3 Å². The number of piperazine rings is 1. The lowest BCUT2D eigenvalue weighted by Gasteiger charge is -2.35. The molecule has 0 bridgehead atoms. The SMILES string of the molecule is COCCN(CCOC)C(=O)C(C)N1CCNCC1. The Labute approximate surface area is 116 Å². The average molecular weight is 273 g/mol. The van der Waals surface area contributed by atoms with Crippen LogP contribution < -0.4 is 5.32 Å². The third-order valence-corrected chi connectivity index (χ3v) is 3.50. The Balaban J connectivity index is 2.51. The van der Waals surface area contributed by atoms with Crippen molar-refractivity contribution in [3.05, 3.63) is 0 Å². The van der Waals surface area contributed by atoms with Crippen LogP contribution in [0.4, 0.5) is 0 Å². The van der Waals surface area contributed by atoms with Gasteiger partial charge in [0.15, 0.2) is 0 Å². The number of hydrogen-bond acceptors (Lipinski definition) is 5. The maximum atomic E-state index is 12.5. The molecule has 1 amide bonds. The Morgan fingerprint density at radius 2 is 1.74 bits per heavy atom. The van der Waals surface area contributed by atoms with Gasteiger partial charge in [-0.2, -0.15) is 0 Å². The van der Waals surface area contributed by atoms with Crippen molar-refractivity contribution in [3.8, 4) is 0 Å². The molecule has 1 unspecified atom stereocenters. The van der Waals surface area contributed by atoms with E-state index in [0.717, 1.165) is 26.2 Å². The molecule has 1 N–H and O–H groups in total. The molecule has 1 fully saturated rings. The Hall–Kier alpha value is -0.690. The molecular weight excluding hydrogens is 246 g/mol. The van der Waals surface area contributed by atoms with Crippen LogP contribution in [0.1, 0.15) is 6.92 Å². The van der Waals surface area contributed by atoms with Crippen molar-refractivity contribution < 1.29 is 14.3 Å². The highest BCUT2D eigenvalue weighted by Gasteiger charge is 2.26. The van der Waals surface area contributed by atoms with E-state index in [9.17, 15) is 4.79 Å². The van der Waals surface area contributed by atoms with Crippen LogP contribution in [0.2, 0.25) is 0 Å². The van der Waals surface area contributed by atoms with Crippen LogP contribution in [0.25, 0.3) is 0 Å². The Morgan fingerprint density at radius 3 is 2.21 bits per heavy atom. The third-order valence-electron chi connectivity index (χ3n) is 3.50. The van der Waals surface area contributed by atoms with Gasteiger partial charge in [-0.25, -0.2) is 0 Å². The molecule has 1 rings (SSSR count). The first kappa shape index (κ1) is 16.4. The lowest BCUT2D eigenvalue weighted by Crippen LogP contribution is -2.54. The summed E-state index contributed by atoms with van der Waals surface area (Å²) < 4.78 is 10.1. The molecule has 6 heteroatoms. The smallest absolute Gasteiger partial charge is 0.239 e. The molecular formula is C13H27N3O3. The van der Waals surface area contributed by atoms with Crippen molar-refractivity contribution >= 4 is 5.91 Å². The molecule has 0 spiro atoms. The highest BCUT2D eigenvalue weighted by molar-refractivity contribution is 5.81. The summed E-state index contributed by atoms with van der Waals surface area (Å²) in [5, 5.41) is 3.30. The third kappa shape index (κ3) is 5.44. The maximum Gasteiger partial charge on any atom is 0.239 e. The van der Waals surface area contributed by atoms with Gasteiger partial charge in [0.1, 0.15) is 0 Å². The van der Waals surface area contributed by atoms with Gasteiger partial charge in [0.2, 0.25) is 5.91 Å². The zero-order valence-electron chi connectivity index (χ0n) is 12.4. The van der Waals surface area contributed by atoms with Crippen molar-refractivity contribution in [3.63, 3.8) is 0 Å². The Kier molecular flexibility index (Phi) is 7.97. The topological polar surface area (TPSA) is 54.0 Å². The number of methoxy groups -OCH3 is 2. The molecule has 0 aromatic rings. The number of amides is 1. The summed E-state index contributed by atoms with van der Waals surface area (Å²) in [5.41, 5.74) is 0. The van der Waals surface area contributed by atoms with Crippen LogP contribution >= 0.6 is 0 Å². The number of carbonyl (C=O) groups is 1. The minimum atomic E-state index is -0.0733. The standard InChI is InChI=1S/C13H27N3O3/c1-12(15-6-4-14-5-7-15)13(17)16(8-10-18-2)9-11-19-3/h12,14H,4-11H2,1-3H3. The molecule has 0 saturated carbocycles. The van der Waals surface area contributed by atoms with Crippen LogP contribution in [0.3, 0.4) is 0 Å². The maximum absolute atomic E-state index is 12.5. The van der Waals surface area contributed by atoms with Gasteiger partial charge in [-0.15, -0.1) is 0 Å². The van der Waals surface area contributed by atoms with Crippen LogP contribution in [-0.4, -0.2) is 88.5 Å². The fourth-order valence-electron chi connectivity index (χ4n) is 2.22. The number of carbonyl (C=O) groups excluding carboxylic acids is 1. The van der Waals surface area contributed by atoms with Gasteiger partial charge in [-0.05, 0) is 6.92 Å². The molecule has 1 atom stereocenters. The fraction of sp³-hybridized carbons (Fsp3) is 0.923. The summed E-state index contributed by atoms with van der Waals surface area (Å²) >= 11 is 0. The van der Waals surface area contributed by atoms with E-state index in [1.807, 2.05) is 11.8 Å². The van der Waals surface area contributed by atoms with E-state index in [0.29, 0.717) is 26.3 Å². The van der Waals surface area contributed by atoms with Gasteiger partial charge >= 0.3 is 0 Å². The Morgan fingerprint density at radius 1 is 1.21 bits per heavy atom. The predicted molar refractivity (Wildman–Crippen MR) is 74.2 cm³/mol. The van der Waals surface area contributed by atoms with Gasteiger partial charge in [0.05, 0.1) is 19.3 Å². The second-order valence-electron chi connectivity index (χ2n) is 4.77. The fourth-order valence-corrected chi connectivity index (χ4v) is 2.22. The highest BCUT2D eigenvalue weighted by Crippen LogP contribution is 2.05. The molecule has 0 aromatic carbocycles. The van der Waals surface area contributed by atoms with E-state index >= 15 is 0 Å². The van der Waals surface area contributed by atoms with Crippen molar-refractivity contribution in [2.24, 2.45) is 0 Å². The molecule has 0 aromatic heterocycles. The van der Waals surface area contributed by atoms with Gasteiger partial charge in [-0.1, -0.05) is 0 Å². The minimum Gasteiger partial charge on any atom is -0.383 e. The molecule has 1 saturated heterocycles. The predicted octanol–water partition coefficient (Wildman–Crippen LogP) is -0.598. The highest BCUT2D eigenvalue weighted by atomic mass is 16.5. The summed E-state index contributed by atoms with van der Waals surface area (Å²) in [5.74, 6) is 0.163. The normalized spacial score (nSPS) is 18.3. The lowest BCUT2D eigenvalue weighted by atomic mass is 10.2. The summed E-state index contributed by atoms with van der Waals surface area (Å²) in [4.78, 5) is 16.6. The van der Waals surface area contributed by atoms with Gasteiger partial charge in [0.25, 0.3) is 0 Å². The van der Waals surface area contributed by atoms with Gasteiger partial charge in [0, 0.05) is 53.5 Å². The van der Waals surface area contributed by atoms with E-state index in [1.54, 1.807) is 14.2 Å². The number of nitrogens with zero attached hydrogens (tertiary/aromatic N) is 2. The number of hydrogen-bond donors (Lipinski definition) is 1. The van der Waals surface area contributed by atoms with E-state index in [1.165, 1.54) is 0 Å². The second-order valence-corrected chi connectivity index (χ2v) is 4.77. The zero-order chi connectivity index (χ0) is 14.1. The average Bonchev–Trinajstić information content (AvgIpc) is 2.47. The largest absolute Gasteiger partial charge is 0.383 e. The quantitative estimate of drug-likeness (QED) is 0.640. The van der Waals surface area contributed by atoms with Gasteiger partial charge in [-0.3, -0.25) is 9.69 Å². The molecule has 19 heavy (non-hydrogen) atoms. The summed E-state index contributed by atoms with van der Waals surface area (Å²) in [6.07, 6.45) is 0. The summed E-state index contributed by atoms with van der Waals surface area (Å²) in [6.45, 7) is 8.10. The summed E-state index contributed by atoms with van der Waals surface area (Å²) in [6, 6.07) is -0.0733. The first-order valence-corrected chi connectivity index (χ1v) is 6.92. The number of ether oxygens (including phenoxy) is 2. The molecule has 1 heterocycles. The van der Waals surface area contributed by atoms with E-state index in [2.05, 4.69) is 10.2 Å². The lowest BCUT2D eigenvalue weighted by molar-refractivity contribution is -0.138. The minimum absolute atomic E-state index is 0.0733. The van der Waals surface area contributed by atoms with Crippen molar-refractivity contribution in [1.82, 2.24) is 15.1 Å². The molecule has 0 radical (unpaired) electrons. The van der Waals surface area contributed by atoms with E-state index in [-0.39, 0.29) is 11.9 Å². The number of nitrogens with one attached hydrogen (secondary N) is 1. The number of rotatable bonds is 8. The Bertz CT molecular complexity index is 250. The monoisotopic (exact) mass is 273 g/mol. The van der Waals surface area contributed by atoms with Gasteiger partial charge < -0.3 is 19.7 Å². The molecule has 0 aliphatic carbocycles.